The molecule has 0 amide bonds. The summed E-state index contributed by atoms with van der Waals surface area (Å²) in [5, 5.41) is 0.0658. The molecular formula is C17H27Cl. The molecule has 0 aliphatic heterocycles. The number of hydrogen-bond acceptors (Lipinski definition) is 0. The maximum Gasteiger partial charge on any atom is 0.0636 e. The van der Waals surface area contributed by atoms with Gasteiger partial charge in [0.25, 0.3) is 0 Å². The second kappa shape index (κ2) is 5.65. The smallest absolute Gasteiger partial charge is 0.0636 e. The molecule has 1 rings (SSSR count). The first kappa shape index (κ1) is 15.6. The lowest BCUT2D eigenvalue weighted by Gasteiger charge is -2.29. The minimum atomic E-state index is 0.0658. The number of hydrogen-bond donors (Lipinski definition) is 0. The molecule has 0 aromatic heterocycles. The zero-order valence-electron chi connectivity index (χ0n) is 12.8. The summed E-state index contributed by atoms with van der Waals surface area (Å²) in [7, 11) is 0. The average Bonchev–Trinajstić information content (AvgIpc) is 2.25. The molecule has 0 heterocycles. The largest absolute Gasteiger partial charge is 0.117 e. The first-order chi connectivity index (χ1) is 8.14. The van der Waals surface area contributed by atoms with E-state index < -0.39 is 0 Å². The fraction of sp³-hybridized carbons (Fsp3) is 0.647. The van der Waals surface area contributed by atoms with Gasteiger partial charge in [0.2, 0.25) is 0 Å². The quantitative estimate of drug-likeness (QED) is 0.567. The Morgan fingerprint density at radius 1 is 0.889 bits per heavy atom. The molecule has 0 aliphatic rings. The Kier molecular flexibility index (Phi) is 4.89. The summed E-state index contributed by atoms with van der Waals surface area (Å²) in [5.41, 5.74) is 4.18. The molecule has 0 N–H and O–H groups in total. The van der Waals surface area contributed by atoms with Crippen LogP contribution in [0.2, 0.25) is 0 Å². The molecule has 1 aromatic rings. The van der Waals surface area contributed by atoms with Gasteiger partial charge in [0, 0.05) is 0 Å². The fourth-order valence-corrected chi connectivity index (χ4v) is 2.35. The lowest BCUT2D eigenvalue weighted by molar-refractivity contribution is 0.393. The van der Waals surface area contributed by atoms with Crippen molar-refractivity contribution >= 4 is 11.6 Å². The van der Waals surface area contributed by atoms with E-state index >= 15 is 0 Å². The standard InChI is InChI=1S/C17H27Cl/c1-11(2)13-8-9-14(15(10-13)12(3)4)16(18)17(5,6)7/h8-12,16H,1-7H3. The van der Waals surface area contributed by atoms with Crippen LogP contribution in [0.5, 0.6) is 0 Å². The van der Waals surface area contributed by atoms with Crippen LogP contribution >= 0.6 is 11.6 Å². The Morgan fingerprint density at radius 3 is 1.83 bits per heavy atom. The molecule has 0 aliphatic carbocycles. The Morgan fingerprint density at radius 2 is 1.44 bits per heavy atom. The summed E-state index contributed by atoms with van der Waals surface area (Å²) in [6.07, 6.45) is 0. The SMILES string of the molecule is CC(C)c1ccc(C(Cl)C(C)(C)C)c(C(C)C)c1. The summed E-state index contributed by atoms with van der Waals surface area (Å²) in [6.45, 7) is 15.6. The molecule has 102 valence electrons. The van der Waals surface area contributed by atoms with Crippen molar-refractivity contribution in [3.63, 3.8) is 0 Å². The molecule has 0 saturated carbocycles. The molecule has 1 heteroatoms. The summed E-state index contributed by atoms with van der Waals surface area (Å²) < 4.78 is 0. The summed E-state index contributed by atoms with van der Waals surface area (Å²) >= 11 is 6.66. The second-order valence-electron chi connectivity index (χ2n) is 6.93. The van der Waals surface area contributed by atoms with Gasteiger partial charge in [0.1, 0.15) is 0 Å². The summed E-state index contributed by atoms with van der Waals surface area (Å²) in [6, 6.07) is 6.80. The molecular weight excluding hydrogens is 240 g/mol. The molecule has 0 nitrogen and oxygen atoms in total. The highest BCUT2D eigenvalue weighted by molar-refractivity contribution is 6.21. The molecule has 1 aromatic carbocycles. The van der Waals surface area contributed by atoms with Crippen LogP contribution in [0.25, 0.3) is 0 Å². The predicted octanol–water partition coefficient (Wildman–Crippen LogP) is 6.26. The topological polar surface area (TPSA) is 0 Å². The minimum absolute atomic E-state index is 0.0658. The predicted molar refractivity (Wildman–Crippen MR) is 82.7 cm³/mol. The normalized spacial score (nSPS) is 14.3. The Bertz CT molecular complexity index is 397. The minimum Gasteiger partial charge on any atom is -0.117 e. The lowest BCUT2D eigenvalue weighted by atomic mass is 9.82. The molecule has 18 heavy (non-hydrogen) atoms. The molecule has 0 bridgehead atoms. The van der Waals surface area contributed by atoms with Gasteiger partial charge in [0.05, 0.1) is 5.38 Å². The van der Waals surface area contributed by atoms with Crippen molar-refractivity contribution in [1.29, 1.82) is 0 Å². The van der Waals surface area contributed by atoms with Crippen molar-refractivity contribution in [2.75, 3.05) is 0 Å². The van der Waals surface area contributed by atoms with Crippen LogP contribution < -0.4 is 0 Å². The number of benzene rings is 1. The molecule has 0 saturated heterocycles. The van der Waals surface area contributed by atoms with Crippen molar-refractivity contribution in [2.45, 2.75) is 65.7 Å². The zero-order valence-corrected chi connectivity index (χ0v) is 13.6. The van der Waals surface area contributed by atoms with Crippen molar-refractivity contribution in [3.8, 4) is 0 Å². The monoisotopic (exact) mass is 266 g/mol. The van der Waals surface area contributed by atoms with Gasteiger partial charge in [-0.05, 0) is 33.9 Å². The van der Waals surface area contributed by atoms with Gasteiger partial charge in [-0.15, -0.1) is 11.6 Å². The van der Waals surface area contributed by atoms with Gasteiger partial charge in [-0.3, -0.25) is 0 Å². The van der Waals surface area contributed by atoms with Gasteiger partial charge in [-0.2, -0.15) is 0 Å². The van der Waals surface area contributed by atoms with E-state index in [-0.39, 0.29) is 10.8 Å². The maximum atomic E-state index is 6.66. The molecule has 1 atom stereocenters. The van der Waals surface area contributed by atoms with Crippen LogP contribution in [0.1, 0.15) is 82.4 Å². The number of halogens is 1. The van der Waals surface area contributed by atoms with Crippen molar-refractivity contribution < 1.29 is 0 Å². The maximum absolute atomic E-state index is 6.66. The van der Waals surface area contributed by atoms with Gasteiger partial charge in [-0.25, -0.2) is 0 Å². The first-order valence-corrected chi connectivity index (χ1v) is 7.36. The summed E-state index contributed by atoms with van der Waals surface area (Å²) in [5.74, 6) is 1.09. The van der Waals surface area contributed by atoms with Gasteiger partial charge in [-0.1, -0.05) is 66.7 Å². The fourth-order valence-electron chi connectivity index (χ4n) is 2.15. The summed E-state index contributed by atoms with van der Waals surface area (Å²) in [4.78, 5) is 0. The van der Waals surface area contributed by atoms with Crippen LogP contribution in [0.15, 0.2) is 18.2 Å². The molecule has 0 fully saturated rings. The zero-order chi connectivity index (χ0) is 14.1. The highest BCUT2D eigenvalue weighted by Gasteiger charge is 2.26. The van der Waals surface area contributed by atoms with Crippen LogP contribution in [-0.4, -0.2) is 0 Å². The molecule has 1 unspecified atom stereocenters. The van der Waals surface area contributed by atoms with Crippen molar-refractivity contribution in [2.24, 2.45) is 5.41 Å². The third kappa shape index (κ3) is 3.51. The van der Waals surface area contributed by atoms with Gasteiger partial charge in [0.15, 0.2) is 0 Å². The van der Waals surface area contributed by atoms with E-state index in [1.165, 1.54) is 16.7 Å². The number of rotatable bonds is 3. The van der Waals surface area contributed by atoms with Gasteiger partial charge < -0.3 is 0 Å². The molecule has 0 radical (unpaired) electrons. The third-order valence-electron chi connectivity index (χ3n) is 3.43. The highest BCUT2D eigenvalue weighted by Crippen LogP contribution is 2.42. The highest BCUT2D eigenvalue weighted by atomic mass is 35.5. The first-order valence-electron chi connectivity index (χ1n) is 6.92. The van der Waals surface area contributed by atoms with E-state index in [0.717, 1.165) is 0 Å². The van der Waals surface area contributed by atoms with E-state index in [4.69, 9.17) is 11.6 Å². The van der Waals surface area contributed by atoms with E-state index in [0.29, 0.717) is 11.8 Å². The van der Waals surface area contributed by atoms with E-state index in [1.54, 1.807) is 0 Å². The Balaban J connectivity index is 3.28. The van der Waals surface area contributed by atoms with Gasteiger partial charge >= 0.3 is 0 Å². The molecule has 0 spiro atoms. The Hall–Kier alpha value is -0.490. The van der Waals surface area contributed by atoms with Crippen LogP contribution in [0.4, 0.5) is 0 Å². The lowest BCUT2D eigenvalue weighted by Crippen LogP contribution is -2.15. The average molecular weight is 267 g/mol. The Labute approximate surface area is 118 Å². The van der Waals surface area contributed by atoms with Crippen molar-refractivity contribution in [1.82, 2.24) is 0 Å². The number of alkyl halides is 1. The van der Waals surface area contributed by atoms with E-state index in [2.05, 4.69) is 66.7 Å². The van der Waals surface area contributed by atoms with Crippen LogP contribution in [-0.2, 0) is 0 Å². The third-order valence-corrected chi connectivity index (χ3v) is 4.32. The van der Waals surface area contributed by atoms with Crippen molar-refractivity contribution in [3.05, 3.63) is 34.9 Å². The second-order valence-corrected chi connectivity index (χ2v) is 7.36. The van der Waals surface area contributed by atoms with Crippen LogP contribution in [0, 0.1) is 5.41 Å². The van der Waals surface area contributed by atoms with Crippen LogP contribution in [0.3, 0.4) is 0 Å². The van der Waals surface area contributed by atoms with E-state index in [9.17, 15) is 0 Å². The van der Waals surface area contributed by atoms with E-state index in [1.807, 2.05) is 0 Å².